The number of para-hydroxylation sites is 1. The van der Waals surface area contributed by atoms with Gasteiger partial charge in [-0.3, -0.25) is 9.78 Å². The van der Waals surface area contributed by atoms with Crippen molar-refractivity contribution >= 4 is 17.3 Å². The number of hydrogen-bond acceptors (Lipinski definition) is 3. The van der Waals surface area contributed by atoms with Crippen LogP contribution in [0.4, 0.5) is 11.4 Å². The lowest BCUT2D eigenvalue weighted by molar-refractivity contribution is 0.0937. The molecule has 1 aromatic carbocycles. The average molecular weight is 337 g/mol. The second-order valence-corrected chi connectivity index (χ2v) is 7.84. The lowest BCUT2D eigenvalue weighted by Gasteiger charge is -2.23. The van der Waals surface area contributed by atoms with Crippen molar-refractivity contribution in [2.75, 3.05) is 5.32 Å². The van der Waals surface area contributed by atoms with Gasteiger partial charge >= 0.3 is 0 Å². The van der Waals surface area contributed by atoms with Crippen LogP contribution in [-0.4, -0.2) is 16.9 Å². The number of nitrogens with one attached hydrogen (secondary N) is 2. The van der Waals surface area contributed by atoms with Gasteiger partial charge in [0.2, 0.25) is 0 Å². The number of pyridine rings is 1. The number of carbonyl (C=O) groups is 1. The number of anilines is 2. The summed E-state index contributed by atoms with van der Waals surface area (Å²) in [4.78, 5) is 16.7. The summed E-state index contributed by atoms with van der Waals surface area (Å²) < 4.78 is 0. The fraction of sp³-hybridized carbons (Fsp3) is 0.429. The van der Waals surface area contributed by atoms with E-state index in [4.69, 9.17) is 0 Å². The molecule has 1 heterocycles. The topological polar surface area (TPSA) is 54.0 Å². The summed E-state index contributed by atoms with van der Waals surface area (Å²) in [6.45, 7) is 6.58. The van der Waals surface area contributed by atoms with Gasteiger partial charge in [0.15, 0.2) is 0 Å². The molecule has 0 atom stereocenters. The Labute approximate surface area is 150 Å². The van der Waals surface area contributed by atoms with Crippen molar-refractivity contribution in [3.63, 3.8) is 0 Å². The van der Waals surface area contributed by atoms with Crippen LogP contribution in [0.15, 0.2) is 42.7 Å². The van der Waals surface area contributed by atoms with Crippen molar-refractivity contribution in [2.24, 2.45) is 0 Å². The summed E-state index contributed by atoms with van der Waals surface area (Å²) in [7, 11) is 0. The Kier molecular flexibility index (Phi) is 5.07. The van der Waals surface area contributed by atoms with Gasteiger partial charge in [-0.25, -0.2) is 0 Å². The normalized spacial score (nSPS) is 15.2. The van der Waals surface area contributed by atoms with Crippen LogP contribution in [-0.2, 0) is 5.41 Å². The molecular weight excluding hydrogens is 310 g/mol. The van der Waals surface area contributed by atoms with Crippen molar-refractivity contribution in [2.45, 2.75) is 57.9 Å². The Hall–Kier alpha value is -2.36. The monoisotopic (exact) mass is 337 g/mol. The highest BCUT2D eigenvalue weighted by Gasteiger charge is 2.19. The molecule has 1 aliphatic carbocycles. The fourth-order valence-corrected chi connectivity index (χ4v) is 3.37. The van der Waals surface area contributed by atoms with Crippen LogP contribution in [0.2, 0.25) is 0 Å². The molecule has 0 unspecified atom stereocenters. The molecule has 3 rings (SSSR count). The number of nitrogens with zero attached hydrogens (tertiary/aromatic N) is 1. The molecule has 1 amide bonds. The van der Waals surface area contributed by atoms with Crippen LogP contribution in [0, 0.1) is 0 Å². The minimum atomic E-state index is -0.0350. The fourth-order valence-electron chi connectivity index (χ4n) is 3.37. The van der Waals surface area contributed by atoms with E-state index in [1.807, 2.05) is 12.1 Å². The number of carbonyl (C=O) groups excluding carboxylic acids is 1. The molecule has 4 nitrogen and oxygen atoms in total. The number of rotatable bonds is 4. The standard InChI is InChI=1S/C21H27N3O/c1-21(2,3)18-10-6-7-11-19(18)23-17-12-15(13-22-14-17)20(25)24-16-8-4-5-9-16/h6-7,10-14,16,23H,4-5,8-9H2,1-3H3,(H,24,25). The molecule has 1 aromatic heterocycles. The summed E-state index contributed by atoms with van der Waals surface area (Å²) in [5, 5.41) is 6.54. The van der Waals surface area contributed by atoms with Gasteiger partial charge in [0.1, 0.15) is 0 Å². The van der Waals surface area contributed by atoms with Crippen LogP contribution < -0.4 is 10.6 Å². The van der Waals surface area contributed by atoms with Gasteiger partial charge in [-0.05, 0) is 36.0 Å². The Balaban J connectivity index is 1.77. The van der Waals surface area contributed by atoms with Gasteiger partial charge in [0, 0.05) is 17.9 Å². The van der Waals surface area contributed by atoms with E-state index in [0.717, 1.165) is 24.2 Å². The summed E-state index contributed by atoms with van der Waals surface area (Å²) in [6.07, 6.45) is 7.95. The Morgan fingerprint density at radius 3 is 2.56 bits per heavy atom. The van der Waals surface area contributed by atoms with Crippen molar-refractivity contribution in [3.8, 4) is 0 Å². The Bertz CT molecular complexity index is 743. The van der Waals surface area contributed by atoms with Crippen molar-refractivity contribution < 1.29 is 4.79 Å². The first-order valence-electron chi connectivity index (χ1n) is 9.06. The molecule has 1 saturated carbocycles. The van der Waals surface area contributed by atoms with E-state index in [0.29, 0.717) is 11.6 Å². The second kappa shape index (κ2) is 7.26. The molecule has 0 saturated heterocycles. The zero-order valence-corrected chi connectivity index (χ0v) is 15.3. The minimum Gasteiger partial charge on any atom is -0.354 e. The summed E-state index contributed by atoms with van der Waals surface area (Å²) in [6, 6.07) is 10.4. The highest BCUT2D eigenvalue weighted by Crippen LogP contribution is 2.31. The number of amides is 1. The summed E-state index contributed by atoms with van der Waals surface area (Å²) >= 11 is 0. The smallest absolute Gasteiger partial charge is 0.253 e. The molecule has 1 aliphatic rings. The van der Waals surface area contributed by atoms with Crippen LogP contribution >= 0.6 is 0 Å². The van der Waals surface area contributed by atoms with E-state index in [1.165, 1.54) is 18.4 Å². The number of aromatic nitrogens is 1. The average Bonchev–Trinajstić information content (AvgIpc) is 3.07. The molecule has 4 heteroatoms. The van der Waals surface area contributed by atoms with Gasteiger partial charge in [-0.15, -0.1) is 0 Å². The molecule has 2 aromatic rings. The third kappa shape index (κ3) is 4.38. The van der Waals surface area contributed by atoms with E-state index in [-0.39, 0.29) is 11.3 Å². The van der Waals surface area contributed by atoms with Gasteiger partial charge in [-0.2, -0.15) is 0 Å². The quantitative estimate of drug-likeness (QED) is 0.843. The first kappa shape index (κ1) is 17.5. The molecule has 132 valence electrons. The predicted octanol–water partition coefficient (Wildman–Crippen LogP) is 4.80. The maximum Gasteiger partial charge on any atom is 0.253 e. The molecule has 0 bridgehead atoms. The zero-order chi connectivity index (χ0) is 17.9. The van der Waals surface area contributed by atoms with E-state index >= 15 is 0 Å². The SMILES string of the molecule is CC(C)(C)c1ccccc1Nc1cncc(C(=O)NC2CCCC2)c1. The van der Waals surface area contributed by atoms with Gasteiger partial charge in [0.25, 0.3) is 5.91 Å². The van der Waals surface area contributed by atoms with Crippen LogP contribution in [0.3, 0.4) is 0 Å². The van der Waals surface area contributed by atoms with Crippen LogP contribution in [0.1, 0.15) is 62.4 Å². The molecule has 0 aliphatic heterocycles. The predicted molar refractivity (Wildman–Crippen MR) is 102 cm³/mol. The van der Waals surface area contributed by atoms with E-state index in [2.05, 4.69) is 54.6 Å². The third-order valence-electron chi connectivity index (χ3n) is 4.70. The third-order valence-corrected chi connectivity index (χ3v) is 4.70. The largest absolute Gasteiger partial charge is 0.354 e. The first-order valence-corrected chi connectivity index (χ1v) is 9.06. The van der Waals surface area contributed by atoms with Gasteiger partial charge < -0.3 is 10.6 Å². The Morgan fingerprint density at radius 2 is 1.84 bits per heavy atom. The highest BCUT2D eigenvalue weighted by molar-refractivity contribution is 5.95. The molecule has 0 radical (unpaired) electrons. The second-order valence-electron chi connectivity index (χ2n) is 7.84. The van der Waals surface area contributed by atoms with Crippen molar-refractivity contribution in [3.05, 3.63) is 53.9 Å². The van der Waals surface area contributed by atoms with Gasteiger partial charge in [0.05, 0.1) is 17.4 Å². The Morgan fingerprint density at radius 1 is 1.12 bits per heavy atom. The summed E-state index contributed by atoms with van der Waals surface area (Å²) in [5.74, 6) is -0.0350. The van der Waals surface area contributed by atoms with E-state index in [1.54, 1.807) is 12.4 Å². The van der Waals surface area contributed by atoms with E-state index in [9.17, 15) is 4.79 Å². The van der Waals surface area contributed by atoms with Crippen molar-refractivity contribution in [1.82, 2.24) is 10.3 Å². The van der Waals surface area contributed by atoms with Crippen molar-refractivity contribution in [1.29, 1.82) is 0 Å². The molecule has 1 fully saturated rings. The lowest BCUT2D eigenvalue weighted by Crippen LogP contribution is -2.32. The zero-order valence-electron chi connectivity index (χ0n) is 15.3. The number of hydrogen-bond donors (Lipinski definition) is 2. The minimum absolute atomic E-state index is 0.0350. The van der Waals surface area contributed by atoms with Crippen LogP contribution in [0.25, 0.3) is 0 Å². The lowest BCUT2D eigenvalue weighted by atomic mass is 9.86. The molecular formula is C21H27N3O. The van der Waals surface area contributed by atoms with Crippen LogP contribution in [0.5, 0.6) is 0 Å². The maximum absolute atomic E-state index is 12.5. The number of benzene rings is 1. The summed E-state index contributed by atoms with van der Waals surface area (Å²) in [5.41, 5.74) is 3.75. The highest BCUT2D eigenvalue weighted by atomic mass is 16.1. The molecule has 0 spiro atoms. The molecule has 2 N–H and O–H groups in total. The maximum atomic E-state index is 12.5. The molecule has 25 heavy (non-hydrogen) atoms. The van der Waals surface area contributed by atoms with E-state index < -0.39 is 0 Å². The van der Waals surface area contributed by atoms with Gasteiger partial charge in [-0.1, -0.05) is 51.8 Å². The first-order chi connectivity index (χ1) is 11.9.